The van der Waals surface area contributed by atoms with E-state index in [9.17, 15) is 9.18 Å². The van der Waals surface area contributed by atoms with E-state index in [1.807, 2.05) is 0 Å². The Morgan fingerprint density at radius 1 is 1.17 bits per heavy atom. The largest absolute Gasteiger partial charge is 0.493 e. The van der Waals surface area contributed by atoms with Crippen LogP contribution in [-0.4, -0.2) is 19.6 Å². The van der Waals surface area contributed by atoms with E-state index in [2.05, 4.69) is 12.2 Å². The molecule has 2 rings (SSSR count). The fourth-order valence-electron chi connectivity index (χ4n) is 2.02. The van der Waals surface area contributed by atoms with Crippen LogP contribution in [0.25, 0.3) is 0 Å². The van der Waals surface area contributed by atoms with Gasteiger partial charge in [0.1, 0.15) is 5.82 Å². The summed E-state index contributed by atoms with van der Waals surface area (Å²) in [6.45, 7) is 2.68. The highest BCUT2D eigenvalue weighted by molar-refractivity contribution is 6.04. The van der Waals surface area contributed by atoms with Crippen LogP contribution < -0.4 is 14.8 Å². The number of nitrogens with one attached hydrogen (secondary N) is 1. The Hall–Kier alpha value is -2.56. The van der Waals surface area contributed by atoms with E-state index in [4.69, 9.17) is 9.47 Å². The van der Waals surface area contributed by atoms with Gasteiger partial charge in [0.2, 0.25) is 0 Å². The summed E-state index contributed by atoms with van der Waals surface area (Å²) in [5.74, 6) is 0.352. The summed E-state index contributed by atoms with van der Waals surface area (Å²) in [6.07, 6.45) is 1.99. The molecule has 0 aliphatic heterocycles. The lowest BCUT2D eigenvalue weighted by atomic mass is 10.1. The Kier molecular flexibility index (Phi) is 5.97. The number of hydrogen-bond donors (Lipinski definition) is 1. The van der Waals surface area contributed by atoms with Gasteiger partial charge in [-0.2, -0.15) is 0 Å². The van der Waals surface area contributed by atoms with E-state index in [1.165, 1.54) is 25.3 Å². The van der Waals surface area contributed by atoms with Crippen molar-refractivity contribution >= 4 is 11.6 Å². The van der Waals surface area contributed by atoms with Crippen LogP contribution in [0, 0.1) is 5.82 Å². The lowest BCUT2D eigenvalue weighted by Crippen LogP contribution is -2.12. The molecule has 0 saturated heterocycles. The second kappa shape index (κ2) is 8.17. The SMILES string of the molecule is CCCCOc1ccc(C(=O)Nc2cccc(F)c2)cc1OC. The van der Waals surface area contributed by atoms with E-state index < -0.39 is 5.82 Å². The lowest BCUT2D eigenvalue weighted by molar-refractivity contribution is 0.102. The molecule has 0 saturated carbocycles. The monoisotopic (exact) mass is 317 g/mol. The van der Waals surface area contributed by atoms with Crippen LogP contribution in [-0.2, 0) is 0 Å². The summed E-state index contributed by atoms with van der Waals surface area (Å²) in [7, 11) is 1.52. The van der Waals surface area contributed by atoms with Crippen molar-refractivity contribution in [3.8, 4) is 11.5 Å². The minimum atomic E-state index is -0.403. The normalized spacial score (nSPS) is 10.2. The third kappa shape index (κ3) is 4.71. The van der Waals surface area contributed by atoms with Crippen molar-refractivity contribution < 1.29 is 18.7 Å². The molecular formula is C18H20FNO3. The third-order valence-electron chi connectivity index (χ3n) is 3.26. The Morgan fingerprint density at radius 3 is 2.70 bits per heavy atom. The van der Waals surface area contributed by atoms with Crippen LogP contribution in [0.4, 0.5) is 10.1 Å². The summed E-state index contributed by atoms with van der Waals surface area (Å²) >= 11 is 0. The number of rotatable bonds is 7. The van der Waals surface area contributed by atoms with Crippen molar-refractivity contribution in [1.82, 2.24) is 0 Å². The number of halogens is 1. The zero-order valence-corrected chi connectivity index (χ0v) is 13.3. The van der Waals surface area contributed by atoms with Gasteiger partial charge in [-0.3, -0.25) is 4.79 Å². The highest BCUT2D eigenvalue weighted by Gasteiger charge is 2.11. The van der Waals surface area contributed by atoms with Crippen LogP contribution >= 0.6 is 0 Å². The number of carbonyl (C=O) groups is 1. The zero-order chi connectivity index (χ0) is 16.7. The van der Waals surface area contributed by atoms with Crippen molar-refractivity contribution in [2.24, 2.45) is 0 Å². The van der Waals surface area contributed by atoms with Crippen molar-refractivity contribution in [2.45, 2.75) is 19.8 Å². The molecule has 0 unspecified atom stereocenters. The van der Waals surface area contributed by atoms with Crippen LogP contribution in [0.1, 0.15) is 30.1 Å². The second-order valence-electron chi connectivity index (χ2n) is 5.03. The maximum Gasteiger partial charge on any atom is 0.255 e. The van der Waals surface area contributed by atoms with E-state index in [0.717, 1.165) is 12.8 Å². The standard InChI is InChI=1S/C18H20FNO3/c1-3-4-10-23-16-9-8-13(11-17(16)22-2)18(21)20-15-7-5-6-14(19)12-15/h5-9,11-12H,3-4,10H2,1-2H3,(H,20,21). The predicted octanol–water partition coefficient (Wildman–Crippen LogP) is 4.27. The Labute approximate surface area is 135 Å². The summed E-state index contributed by atoms with van der Waals surface area (Å²) in [4.78, 5) is 12.2. The molecule has 4 nitrogen and oxygen atoms in total. The second-order valence-corrected chi connectivity index (χ2v) is 5.03. The molecule has 0 spiro atoms. The van der Waals surface area contributed by atoms with Gasteiger partial charge in [-0.1, -0.05) is 19.4 Å². The van der Waals surface area contributed by atoms with Gasteiger partial charge in [-0.05, 0) is 42.8 Å². The number of carbonyl (C=O) groups excluding carboxylic acids is 1. The van der Waals surface area contributed by atoms with Crippen LogP contribution in [0.2, 0.25) is 0 Å². The van der Waals surface area contributed by atoms with Gasteiger partial charge in [-0.25, -0.2) is 4.39 Å². The highest BCUT2D eigenvalue weighted by atomic mass is 19.1. The van der Waals surface area contributed by atoms with Crippen molar-refractivity contribution in [3.63, 3.8) is 0 Å². The van der Waals surface area contributed by atoms with Crippen molar-refractivity contribution in [3.05, 3.63) is 53.8 Å². The smallest absolute Gasteiger partial charge is 0.255 e. The lowest BCUT2D eigenvalue weighted by Gasteiger charge is -2.12. The minimum Gasteiger partial charge on any atom is -0.493 e. The van der Waals surface area contributed by atoms with E-state index in [1.54, 1.807) is 24.3 Å². The maximum absolute atomic E-state index is 13.2. The van der Waals surface area contributed by atoms with Crippen molar-refractivity contribution in [1.29, 1.82) is 0 Å². The van der Waals surface area contributed by atoms with Gasteiger partial charge in [0.15, 0.2) is 11.5 Å². The summed E-state index contributed by atoms with van der Waals surface area (Å²) < 4.78 is 24.1. The molecule has 0 heterocycles. The number of amides is 1. The van der Waals surface area contributed by atoms with Gasteiger partial charge in [0.05, 0.1) is 13.7 Å². The molecule has 23 heavy (non-hydrogen) atoms. The molecule has 2 aromatic carbocycles. The average molecular weight is 317 g/mol. The summed E-state index contributed by atoms with van der Waals surface area (Å²) in [6, 6.07) is 10.7. The molecule has 0 aromatic heterocycles. The Morgan fingerprint density at radius 2 is 2.00 bits per heavy atom. The number of ether oxygens (including phenoxy) is 2. The fraction of sp³-hybridized carbons (Fsp3) is 0.278. The molecule has 0 atom stereocenters. The van der Waals surface area contributed by atoms with Crippen LogP contribution in [0.3, 0.4) is 0 Å². The fourth-order valence-corrected chi connectivity index (χ4v) is 2.02. The molecule has 5 heteroatoms. The van der Waals surface area contributed by atoms with Gasteiger partial charge < -0.3 is 14.8 Å². The molecule has 0 bridgehead atoms. The molecule has 1 amide bonds. The number of benzene rings is 2. The van der Waals surface area contributed by atoms with E-state index in [0.29, 0.717) is 29.4 Å². The minimum absolute atomic E-state index is 0.339. The first-order chi connectivity index (χ1) is 11.1. The first kappa shape index (κ1) is 16.8. The molecule has 0 aliphatic carbocycles. The number of unbranched alkanes of at least 4 members (excludes halogenated alkanes) is 1. The molecule has 0 aliphatic rings. The summed E-state index contributed by atoms with van der Waals surface area (Å²) in [5.41, 5.74) is 0.811. The Balaban J connectivity index is 2.11. The van der Waals surface area contributed by atoms with Gasteiger partial charge in [-0.15, -0.1) is 0 Å². The number of anilines is 1. The van der Waals surface area contributed by atoms with Crippen LogP contribution in [0.5, 0.6) is 11.5 Å². The topological polar surface area (TPSA) is 47.6 Å². The van der Waals surface area contributed by atoms with Crippen molar-refractivity contribution in [2.75, 3.05) is 19.0 Å². The zero-order valence-electron chi connectivity index (χ0n) is 13.3. The average Bonchev–Trinajstić information content (AvgIpc) is 2.55. The first-order valence-electron chi connectivity index (χ1n) is 7.51. The quantitative estimate of drug-likeness (QED) is 0.776. The molecule has 122 valence electrons. The first-order valence-corrected chi connectivity index (χ1v) is 7.51. The predicted molar refractivity (Wildman–Crippen MR) is 87.8 cm³/mol. The van der Waals surface area contributed by atoms with E-state index in [-0.39, 0.29) is 5.91 Å². The molecule has 2 aromatic rings. The van der Waals surface area contributed by atoms with Gasteiger partial charge in [0, 0.05) is 11.3 Å². The molecule has 1 N–H and O–H groups in total. The molecule has 0 radical (unpaired) electrons. The third-order valence-corrected chi connectivity index (χ3v) is 3.26. The van der Waals surface area contributed by atoms with E-state index >= 15 is 0 Å². The Bertz CT molecular complexity index is 673. The number of hydrogen-bond acceptors (Lipinski definition) is 3. The highest BCUT2D eigenvalue weighted by Crippen LogP contribution is 2.28. The van der Waals surface area contributed by atoms with Gasteiger partial charge in [0.25, 0.3) is 5.91 Å². The van der Waals surface area contributed by atoms with Gasteiger partial charge >= 0.3 is 0 Å². The molecule has 0 fully saturated rings. The molecular weight excluding hydrogens is 297 g/mol. The number of methoxy groups -OCH3 is 1. The van der Waals surface area contributed by atoms with Crippen LogP contribution in [0.15, 0.2) is 42.5 Å². The summed E-state index contributed by atoms with van der Waals surface area (Å²) in [5, 5.41) is 2.65. The maximum atomic E-state index is 13.2.